The van der Waals surface area contributed by atoms with E-state index in [4.69, 9.17) is 4.74 Å². The Morgan fingerprint density at radius 1 is 1.35 bits per heavy atom. The SMILES string of the molecule is CCn1c(=O)[nH]c(=O)c2c(C(=O)NCCCCOC)cc(C(C)C)nc21. The van der Waals surface area contributed by atoms with Crippen LogP contribution >= 0.6 is 0 Å². The first-order valence-corrected chi connectivity index (χ1v) is 8.85. The van der Waals surface area contributed by atoms with Crippen molar-refractivity contribution >= 4 is 16.9 Å². The van der Waals surface area contributed by atoms with E-state index in [1.807, 2.05) is 13.8 Å². The summed E-state index contributed by atoms with van der Waals surface area (Å²) in [6.07, 6.45) is 1.61. The number of nitrogens with one attached hydrogen (secondary N) is 2. The van der Waals surface area contributed by atoms with Gasteiger partial charge < -0.3 is 10.1 Å². The second-order valence-corrected chi connectivity index (χ2v) is 6.41. The van der Waals surface area contributed by atoms with E-state index in [0.29, 0.717) is 25.4 Å². The lowest BCUT2D eigenvalue weighted by Gasteiger charge is -2.14. The second-order valence-electron chi connectivity index (χ2n) is 6.41. The molecule has 142 valence electrons. The van der Waals surface area contributed by atoms with E-state index in [1.54, 1.807) is 20.1 Å². The van der Waals surface area contributed by atoms with Gasteiger partial charge in [0.1, 0.15) is 0 Å². The largest absolute Gasteiger partial charge is 0.385 e. The summed E-state index contributed by atoms with van der Waals surface area (Å²) in [6, 6.07) is 1.64. The zero-order valence-electron chi connectivity index (χ0n) is 15.7. The number of nitrogens with zero attached hydrogens (tertiary/aromatic N) is 2. The second kappa shape index (κ2) is 8.75. The topological polar surface area (TPSA) is 106 Å². The summed E-state index contributed by atoms with van der Waals surface area (Å²) in [5, 5.41) is 2.98. The van der Waals surface area contributed by atoms with Gasteiger partial charge in [-0.1, -0.05) is 13.8 Å². The van der Waals surface area contributed by atoms with Crippen LogP contribution in [-0.4, -0.2) is 40.7 Å². The monoisotopic (exact) mass is 362 g/mol. The van der Waals surface area contributed by atoms with Gasteiger partial charge in [0, 0.05) is 32.5 Å². The van der Waals surface area contributed by atoms with Crippen molar-refractivity contribution in [3.05, 3.63) is 38.2 Å². The van der Waals surface area contributed by atoms with Gasteiger partial charge in [-0.15, -0.1) is 0 Å². The van der Waals surface area contributed by atoms with Crippen LogP contribution in [0.5, 0.6) is 0 Å². The smallest absolute Gasteiger partial charge is 0.329 e. The van der Waals surface area contributed by atoms with Gasteiger partial charge in [0.15, 0.2) is 5.65 Å². The van der Waals surface area contributed by atoms with E-state index in [0.717, 1.165) is 12.8 Å². The molecule has 26 heavy (non-hydrogen) atoms. The van der Waals surface area contributed by atoms with Crippen LogP contribution in [0.15, 0.2) is 15.7 Å². The molecule has 0 aliphatic carbocycles. The molecule has 0 saturated heterocycles. The quantitative estimate of drug-likeness (QED) is 0.690. The van der Waals surface area contributed by atoms with Crippen LogP contribution in [-0.2, 0) is 11.3 Å². The number of ether oxygens (including phenoxy) is 1. The van der Waals surface area contributed by atoms with E-state index in [2.05, 4.69) is 15.3 Å². The third-order valence-corrected chi connectivity index (χ3v) is 4.18. The maximum absolute atomic E-state index is 12.7. The van der Waals surface area contributed by atoms with Crippen molar-refractivity contribution < 1.29 is 9.53 Å². The summed E-state index contributed by atoms with van der Waals surface area (Å²) >= 11 is 0. The number of methoxy groups -OCH3 is 1. The van der Waals surface area contributed by atoms with Crippen molar-refractivity contribution in [1.82, 2.24) is 19.9 Å². The Labute approximate surface area is 151 Å². The number of pyridine rings is 1. The van der Waals surface area contributed by atoms with Crippen molar-refractivity contribution in [2.45, 2.75) is 46.1 Å². The van der Waals surface area contributed by atoms with E-state index < -0.39 is 11.2 Å². The molecule has 0 radical (unpaired) electrons. The van der Waals surface area contributed by atoms with Gasteiger partial charge in [0.2, 0.25) is 0 Å². The molecule has 0 fully saturated rings. The fourth-order valence-electron chi connectivity index (χ4n) is 2.73. The Balaban J connectivity index is 2.52. The highest BCUT2D eigenvalue weighted by atomic mass is 16.5. The molecular formula is C18H26N4O4. The number of carbonyl (C=O) groups excluding carboxylic acids is 1. The number of aromatic amines is 1. The van der Waals surface area contributed by atoms with Crippen molar-refractivity contribution in [1.29, 1.82) is 0 Å². The maximum atomic E-state index is 12.7. The number of rotatable bonds is 8. The Morgan fingerprint density at radius 2 is 2.08 bits per heavy atom. The molecule has 0 unspecified atom stereocenters. The fraction of sp³-hybridized carbons (Fsp3) is 0.556. The average molecular weight is 362 g/mol. The lowest BCUT2D eigenvalue weighted by molar-refractivity contribution is 0.0952. The number of unbranched alkanes of at least 4 members (excludes halogenated alkanes) is 1. The summed E-state index contributed by atoms with van der Waals surface area (Å²) in [4.78, 5) is 43.9. The van der Waals surface area contributed by atoms with E-state index in [-0.39, 0.29) is 28.4 Å². The third kappa shape index (κ3) is 4.19. The van der Waals surface area contributed by atoms with Crippen LogP contribution in [0.25, 0.3) is 11.0 Å². The van der Waals surface area contributed by atoms with E-state index in [1.165, 1.54) is 4.57 Å². The molecule has 2 aromatic heterocycles. The Bertz CT molecular complexity index is 898. The first-order valence-electron chi connectivity index (χ1n) is 8.85. The number of hydrogen-bond acceptors (Lipinski definition) is 5. The minimum absolute atomic E-state index is 0.0485. The van der Waals surface area contributed by atoms with Crippen LogP contribution in [0.1, 0.15) is 55.6 Å². The molecule has 0 aromatic carbocycles. The fourth-order valence-corrected chi connectivity index (χ4v) is 2.73. The summed E-state index contributed by atoms with van der Waals surface area (Å²) in [7, 11) is 1.63. The summed E-state index contributed by atoms with van der Waals surface area (Å²) in [6.45, 7) is 7.14. The van der Waals surface area contributed by atoms with Gasteiger partial charge in [0.25, 0.3) is 11.5 Å². The van der Waals surface area contributed by atoms with Gasteiger partial charge in [-0.2, -0.15) is 0 Å². The molecule has 2 heterocycles. The molecule has 0 aliphatic rings. The molecule has 8 nitrogen and oxygen atoms in total. The molecule has 0 aliphatic heterocycles. The highest BCUT2D eigenvalue weighted by Gasteiger charge is 2.19. The van der Waals surface area contributed by atoms with Gasteiger partial charge in [-0.25, -0.2) is 9.78 Å². The molecular weight excluding hydrogens is 336 g/mol. The standard InChI is InChI=1S/C18H26N4O4/c1-5-22-15-14(17(24)21-18(22)25)12(10-13(20-15)11(2)3)16(23)19-8-6-7-9-26-4/h10-11H,5-9H2,1-4H3,(H,19,23)(H,21,24,25). The minimum atomic E-state index is -0.595. The minimum Gasteiger partial charge on any atom is -0.385 e. The average Bonchev–Trinajstić information content (AvgIpc) is 2.60. The lowest BCUT2D eigenvalue weighted by atomic mass is 10.0. The molecule has 0 atom stereocenters. The number of carbonyl (C=O) groups is 1. The normalized spacial score (nSPS) is 11.3. The first kappa shape index (κ1) is 19.8. The number of aryl methyl sites for hydroxylation is 1. The van der Waals surface area contributed by atoms with E-state index >= 15 is 0 Å². The van der Waals surface area contributed by atoms with Gasteiger partial charge in [0.05, 0.1) is 10.9 Å². The van der Waals surface area contributed by atoms with Crippen LogP contribution in [0.4, 0.5) is 0 Å². The van der Waals surface area contributed by atoms with Crippen LogP contribution in [0.2, 0.25) is 0 Å². The Hall–Kier alpha value is -2.48. The van der Waals surface area contributed by atoms with Gasteiger partial charge in [-0.3, -0.25) is 19.1 Å². The van der Waals surface area contributed by atoms with Crippen LogP contribution in [0.3, 0.4) is 0 Å². The lowest BCUT2D eigenvalue weighted by Crippen LogP contribution is -2.33. The van der Waals surface area contributed by atoms with E-state index in [9.17, 15) is 14.4 Å². The Morgan fingerprint density at radius 3 is 2.69 bits per heavy atom. The first-order chi connectivity index (χ1) is 12.4. The zero-order valence-corrected chi connectivity index (χ0v) is 15.7. The highest BCUT2D eigenvalue weighted by Crippen LogP contribution is 2.19. The van der Waals surface area contributed by atoms with Gasteiger partial charge >= 0.3 is 5.69 Å². The summed E-state index contributed by atoms with van der Waals surface area (Å²) in [5.74, 6) is -0.295. The summed E-state index contributed by atoms with van der Waals surface area (Å²) < 4.78 is 6.36. The number of H-pyrrole nitrogens is 1. The third-order valence-electron chi connectivity index (χ3n) is 4.18. The van der Waals surface area contributed by atoms with Gasteiger partial charge in [-0.05, 0) is 31.7 Å². The molecule has 0 bridgehead atoms. The predicted octanol–water partition coefficient (Wildman–Crippen LogP) is 1.38. The number of hydrogen-bond donors (Lipinski definition) is 2. The zero-order chi connectivity index (χ0) is 19.3. The van der Waals surface area contributed by atoms with Crippen LogP contribution < -0.4 is 16.6 Å². The molecule has 0 spiro atoms. The Kier molecular flexibility index (Phi) is 6.68. The number of fused-ring (bicyclic) bond motifs is 1. The molecule has 2 aromatic rings. The molecule has 1 amide bonds. The summed E-state index contributed by atoms with van der Waals surface area (Å²) in [5.41, 5.74) is 0.0338. The van der Waals surface area contributed by atoms with Crippen LogP contribution in [0, 0.1) is 0 Å². The van der Waals surface area contributed by atoms with Crippen molar-refractivity contribution in [2.75, 3.05) is 20.3 Å². The molecule has 2 rings (SSSR count). The van der Waals surface area contributed by atoms with Crippen molar-refractivity contribution in [2.24, 2.45) is 0 Å². The molecule has 2 N–H and O–H groups in total. The predicted molar refractivity (Wildman–Crippen MR) is 99.8 cm³/mol. The number of amides is 1. The van der Waals surface area contributed by atoms with Crippen molar-refractivity contribution in [3.8, 4) is 0 Å². The number of aromatic nitrogens is 3. The molecule has 0 saturated carbocycles. The van der Waals surface area contributed by atoms with Crippen molar-refractivity contribution in [3.63, 3.8) is 0 Å². The maximum Gasteiger partial charge on any atom is 0.329 e. The molecule has 8 heteroatoms. The highest BCUT2D eigenvalue weighted by molar-refractivity contribution is 6.05.